The molecule has 0 fully saturated rings. The first kappa shape index (κ1) is 14.3. The smallest absolute Gasteiger partial charge is 0.165 e. The summed E-state index contributed by atoms with van der Waals surface area (Å²) in [5.74, 6) is 1.85. The Bertz CT molecular complexity index is 346. The lowest BCUT2D eigenvalue weighted by molar-refractivity contribution is 0.386. The van der Waals surface area contributed by atoms with Gasteiger partial charge in [-0.15, -0.1) is 0 Å². The minimum Gasteiger partial charge on any atom is -0.494 e. The average Bonchev–Trinajstić information content (AvgIpc) is 2.34. The van der Waals surface area contributed by atoms with Gasteiger partial charge in [0.25, 0.3) is 0 Å². The van der Waals surface area contributed by atoms with Crippen LogP contribution in [0.25, 0.3) is 0 Å². The minimum absolute atomic E-state index is 0.114. The first-order valence-electron chi connectivity index (χ1n) is 5.85. The van der Waals surface area contributed by atoms with E-state index in [1.807, 2.05) is 17.8 Å². The Morgan fingerprint density at radius 2 is 2.24 bits per heavy atom. The van der Waals surface area contributed by atoms with Crippen LogP contribution in [0.4, 0.5) is 4.39 Å². The number of unbranched alkanes of at least 4 members (excludes halogenated alkanes) is 1. The van der Waals surface area contributed by atoms with Crippen molar-refractivity contribution in [1.29, 1.82) is 0 Å². The molecule has 1 rings (SSSR count). The van der Waals surface area contributed by atoms with E-state index in [9.17, 15) is 4.39 Å². The molecule has 2 N–H and O–H groups in total. The third-order valence-corrected chi connectivity index (χ3v) is 3.72. The van der Waals surface area contributed by atoms with Gasteiger partial charge >= 0.3 is 0 Å². The molecule has 1 aromatic rings. The van der Waals surface area contributed by atoms with Crippen LogP contribution in [0.15, 0.2) is 18.2 Å². The van der Waals surface area contributed by atoms with Gasteiger partial charge < -0.3 is 10.5 Å². The van der Waals surface area contributed by atoms with E-state index in [0.29, 0.717) is 0 Å². The zero-order valence-electron chi connectivity index (χ0n) is 10.4. The fourth-order valence-electron chi connectivity index (χ4n) is 1.47. The maximum atomic E-state index is 13.5. The van der Waals surface area contributed by atoms with Crippen molar-refractivity contribution in [2.75, 3.05) is 18.6 Å². The molecule has 0 saturated carbocycles. The van der Waals surface area contributed by atoms with Crippen LogP contribution in [0.1, 0.15) is 31.4 Å². The second-order valence-corrected chi connectivity index (χ2v) is 5.08. The molecule has 0 spiro atoms. The van der Waals surface area contributed by atoms with Gasteiger partial charge in [-0.2, -0.15) is 11.8 Å². The molecule has 0 aromatic heterocycles. The Kier molecular flexibility index (Phi) is 6.37. The summed E-state index contributed by atoms with van der Waals surface area (Å²) in [5.41, 5.74) is 6.84. The van der Waals surface area contributed by atoms with Crippen molar-refractivity contribution in [3.05, 3.63) is 29.6 Å². The van der Waals surface area contributed by atoms with Crippen LogP contribution in [0, 0.1) is 5.82 Å². The highest BCUT2D eigenvalue weighted by Crippen LogP contribution is 2.23. The van der Waals surface area contributed by atoms with Crippen molar-refractivity contribution in [1.82, 2.24) is 0 Å². The van der Waals surface area contributed by atoms with E-state index in [1.54, 1.807) is 6.07 Å². The number of benzene rings is 1. The van der Waals surface area contributed by atoms with Crippen LogP contribution in [0.2, 0.25) is 0 Å². The Balaban J connectivity index is 2.51. The number of nitrogens with two attached hydrogens (primary N) is 1. The second-order valence-electron chi connectivity index (χ2n) is 3.93. The minimum atomic E-state index is -0.348. The zero-order valence-corrected chi connectivity index (χ0v) is 11.2. The SMILES string of the molecule is CCCCSCC(N)c1ccc(OC)c(F)c1. The zero-order chi connectivity index (χ0) is 12.7. The Morgan fingerprint density at radius 1 is 1.47 bits per heavy atom. The predicted octanol–water partition coefficient (Wildman–Crippen LogP) is 3.37. The van der Waals surface area contributed by atoms with Crippen LogP contribution in [0.5, 0.6) is 5.75 Å². The first-order valence-corrected chi connectivity index (χ1v) is 7.01. The van der Waals surface area contributed by atoms with Gasteiger partial charge in [-0.3, -0.25) is 0 Å². The van der Waals surface area contributed by atoms with Crippen molar-refractivity contribution < 1.29 is 9.13 Å². The van der Waals surface area contributed by atoms with E-state index in [-0.39, 0.29) is 17.6 Å². The van der Waals surface area contributed by atoms with Crippen LogP contribution in [-0.2, 0) is 0 Å². The summed E-state index contributed by atoms with van der Waals surface area (Å²) in [4.78, 5) is 0. The average molecular weight is 257 g/mol. The molecule has 0 aliphatic rings. The van der Waals surface area contributed by atoms with Gasteiger partial charge in [0.1, 0.15) is 0 Å². The number of ether oxygens (including phenoxy) is 1. The van der Waals surface area contributed by atoms with Crippen LogP contribution in [0.3, 0.4) is 0 Å². The van der Waals surface area contributed by atoms with Gasteiger partial charge in [0.15, 0.2) is 11.6 Å². The highest BCUT2D eigenvalue weighted by molar-refractivity contribution is 7.99. The van der Waals surface area contributed by atoms with Crippen LogP contribution < -0.4 is 10.5 Å². The van der Waals surface area contributed by atoms with Crippen molar-refractivity contribution in [3.63, 3.8) is 0 Å². The van der Waals surface area contributed by atoms with E-state index in [1.165, 1.54) is 26.0 Å². The molecule has 0 radical (unpaired) electrons. The molecule has 2 nitrogen and oxygen atoms in total. The molecule has 0 heterocycles. The Morgan fingerprint density at radius 3 is 2.82 bits per heavy atom. The lowest BCUT2D eigenvalue weighted by Gasteiger charge is -2.12. The molecule has 0 bridgehead atoms. The van der Waals surface area contributed by atoms with Crippen molar-refractivity contribution in [3.8, 4) is 5.75 Å². The monoisotopic (exact) mass is 257 g/mol. The lowest BCUT2D eigenvalue weighted by atomic mass is 10.1. The van der Waals surface area contributed by atoms with Gasteiger partial charge in [0, 0.05) is 11.8 Å². The summed E-state index contributed by atoms with van der Waals surface area (Å²) in [6, 6.07) is 4.80. The molecule has 0 aliphatic heterocycles. The summed E-state index contributed by atoms with van der Waals surface area (Å²) in [6.07, 6.45) is 2.40. The molecule has 1 atom stereocenters. The molecule has 17 heavy (non-hydrogen) atoms. The number of methoxy groups -OCH3 is 1. The van der Waals surface area contributed by atoms with Gasteiger partial charge in [-0.25, -0.2) is 4.39 Å². The van der Waals surface area contributed by atoms with Crippen LogP contribution >= 0.6 is 11.8 Å². The van der Waals surface area contributed by atoms with E-state index < -0.39 is 0 Å². The largest absolute Gasteiger partial charge is 0.494 e. The Labute approximate surface area is 107 Å². The number of halogens is 1. The van der Waals surface area contributed by atoms with Crippen molar-refractivity contribution in [2.24, 2.45) is 5.73 Å². The molecular formula is C13H20FNOS. The fraction of sp³-hybridized carbons (Fsp3) is 0.538. The second kappa shape index (κ2) is 7.56. The molecule has 0 amide bonds. The molecular weight excluding hydrogens is 237 g/mol. The molecule has 96 valence electrons. The van der Waals surface area contributed by atoms with E-state index >= 15 is 0 Å². The topological polar surface area (TPSA) is 35.2 Å². The third-order valence-electron chi connectivity index (χ3n) is 2.54. The van der Waals surface area contributed by atoms with Crippen LogP contribution in [-0.4, -0.2) is 18.6 Å². The summed E-state index contributed by atoms with van der Waals surface area (Å²) in [6.45, 7) is 2.17. The summed E-state index contributed by atoms with van der Waals surface area (Å²) in [7, 11) is 1.46. The van der Waals surface area contributed by atoms with E-state index in [4.69, 9.17) is 10.5 Å². The highest BCUT2D eigenvalue weighted by Gasteiger charge is 2.09. The summed E-state index contributed by atoms with van der Waals surface area (Å²) < 4.78 is 18.3. The van der Waals surface area contributed by atoms with Gasteiger partial charge in [0.2, 0.25) is 0 Å². The molecule has 1 aromatic carbocycles. The van der Waals surface area contributed by atoms with Gasteiger partial charge in [-0.1, -0.05) is 19.4 Å². The number of hydrogen-bond donors (Lipinski definition) is 1. The van der Waals surface area contributed by atoms with Gasteiger partial charge in [-0.05, 0) is 29.9 Å². The van der Waals surface area contributed by atoms with Crippen molar-refractivity contribution >= 4 is 11.8 Å². The summed E-state index contributed by atoms with van der Waals surface area (Å²) >= 11 is 1.82. The molecule has 1 unspecified atom stereocenters. The maximum Gasteiger partial charge on any atom is 0.165 e. The number of rotatable bonds is 7. The van der Waals surface area contributed by atoms with E-state index in [2.05, 4.69) is 6.92 Å². The first-order chi connectivity index (χ1) is 8.19. The molecule has 0 saturated heterocycles. The normalized spacial score (nSPS) is 12.5. The summed E-state index contributed by atoms with van der Waals surface area (Å²) in [5, 5.41) is 0. The number of hydrogen-bond acceptors (Lipinski definition) is 3. The number of thioether (sulfide) groups is 1. The van der Waals surface area contributed by atoms with Gasteiger partial charge in [0.05, 0.1) is 7.11 Å². The van der Waals surface area contributed by atoms with E-state index in [0.717, 1.165) is 17.1 Å². The standard InChI is InChI=1S/C13H20FNOS/c1-3-4-7-17-9-12(15)10-5-6-13(16-2)11(14)8-10/h5-6,8,12H,3-4,7,9,15H2,1-2H3. The van der Waals surface area contributed by atoms with Crippen molar-refractivity contribution in [2.45, 2.75) is 25.8 Å². The molecule has 0 aliphatic carbocycles. The molecule has 4 heteroatoms. The fourth-order valence-corrected chi connectivity index (χ4v) is 2.57. The third kappa shape index (κ3) is 4.56. The Hall–Kier alpha value is -0.740. The highest BCUT2D eigenvalue weighted by atomic mass is 32.2. The quantitative estimate of drug-likeness (QED) is 0.761. The predicted molar refractivity (Wildman–Crippen MR) is 72.1 cm³/mol. The lowest BCUT2D eigenvalue weighted by Crippen LogP contribution is -2.13. The maximum absolute atomic E-state index is 13.5.